The number of hydrogen-bond donors (Lipinski definition) is 0. The molecule has 1 fully saturated rings. The Bertz CT molecular complexity index is 974. The zero-order valence-corrected chi connectivity index (χ0v) is 19.7. The number of rotatable bonds is 7. The fourth-order valence-corrected chi connectivity index (χ4v) is 6.80. The SMILES string of the molecule is CCN(CC)C(=O)CSc1nc2sc3c(c2c(=O)n1C[C@H]1CCCO1)CC[C@@H](C)C3. The number of carbonyl (C=O) groups excluding carboxylic acids is 1. The zero-order valence-electron chi connectivity index (χ0n) is 18.1. The van der Waals surface area contributed by atoms with Crippen LogP contribution in [0.15, 0.2) is 9.95 Å². The van der Waals surface area contributed by atoms with E-state index in [2.05, 4.69) is 6.92 Å². The monoisotopic (exact) mass is 449 g/mol. The third-order valence-corrected chi connectivity index (χ3v) is 8.34. The van der Waals surface area contributed by atoms with Crippen LogP contribution in [0.5, 0.6) is 0 Å². The molecule has 0 N–H and O–H groups in total. The lowest BCUT2D eigenvalue weighted by Gasteiger charge is -2.20. The molecule has 164 valence electrons. The molecular weight excluding hydrogens is 418 g/mol. The molecule has 1 amide bonds. The molecule has 0 saturated carbocycles. The lowest BCUT2D eigenvalue weighted by Crippen LogP contribution is -2.33. The summed E-state index contributed by atoms with van der Waals surface area (Å²) < 4.78 is 7.60. The maximum atomic E-state index is 13.6. The highest BCUT2D eigenvalue weighted by molar-refractivity contribution is 7.99. The number of aromatic nitrogens is 2. The molecule has 0 radical (unpaired) electrons. The molecule has 0 aromatic carbocycles. The van der Waals surface area contributed by atoms with Crippen LogP contribution >= 0.6 is 23.1 Å². The zero-order chi connectivity index (χ0) is 21.3. The minimum Gasteiger partial charge on any atom is -0.376 e. The molecule has 8 heteroatoms. The Balaban J connectivity index is 1.71. The molecule has 1 aliphatic heterocycles. The van der Waals surface area contributed by atoms with Gasteiger partial charge >= 0.3 is 0 Å². The summed E-state index contributed by atoms with van der Waals surface area (Å²) in [4.78, 5) is 35.0. The van der Waals surface area contributed by atoms with E-state index in [1.165, 1.54) is 22.2 Å². The number of carbonyl (C=O) groups is 1. The van der Waals surface area contributed by atoms with Gasteiger partial charge in [0, 0.05) is 24.6 Å². The van der Waals surface area contributed by atoms with E-state index in [1.54, 1.807) is 15.9 Å². The minimum atomic E-state index is 0.0420. The fraction of sp³-hybridized carbons (Fsp3) is 0.682. The smallest absolute Gasteiger partial charge is 0.263 e. The van der Waals surface area contributed by atoms with E-state index in [-0.39, 0.29) is 17.6 Å². The van der Waals surface area contributed by atoms with Crippen molar-refractivity contribution in [1.29, 1.82) is 0 Å². The number of aryl methyl sites for hydroxylation is 1. The van der Waals surface area contributed by atoms with Gasteiger partial charge in [-0.3, -0.25) is 14.2 Å². The lowest BCUT2D eigenvalue weighted by atomic mass is 9.89. The fourth-order valence-electron chi connectivity index (χ4n) is 4.46. The molecule has 2 aromatic rings. The van der Waals surface area contributed by atoms with Crippen molar-refractivity contribution >= 4 is 39.2 Å². The Hall–Kier alpha value is -1.38. The third-order valence-electron chi connectivity index (χ3n) is 6.23. The van der Waals surface area contributed by atoms with Gasteiger partial charge in [-0.15, -0.1) is 11.3 Å². The number of ether oxygens (including phenoxy) is 1. The Morgan fingerprint density at radius 2 is 2.13 bits per heavy atom. The van der Waals surface area contributed by atoms with Gasteiger partial charge in [0.1, 0.15) is 4.83 Å². The van der Waals surface area contributed by atoms with Crippen LogP contribution in [0.25, 0.3) is 10.2 Å². The second-order valence-electron chi connectivity index (χ2n) is 8.33. The van der Waals surface area contributed by atoms with E-state index in [0.717, 1.165) is 48.9 Å². The first kappa shape index (κ1) is 21.8. The Morgan fingerprint density at radius 3 is 2.83 bits per heavy atom. The van der Waals surface area contributed by atoms with Crippen LogP contribution in [-0.2, 0) is 28.9 Å². The Labute approximate surface area is 186 Å². The summed E-state index contributed by atoms with van der Waals surface area (Å²) in [6, 6.07) is 0. The Kier molecular flexibility index (Phi) is 6.85. The topological polar surface area (TPSA) is 64.4 Å². The van der Waals surface area contributed by atoms with Gasteiger partial charge in [0.15, 0.2) is 5.16 Å². The van der Waals surface area contributed by atoms with E-state index in [1.807, 2.05) is 18.7 Å². The molecular formula is C22H31N3O3S2. The molecule has 30 heavy (non-hydrogen) atoms. The highest BCUT2D eigenvalue weighted by Gasteiger charge is 2.26. The van der Waals surface area contributed by atoms with Gasteiger partial charge in [-0.2, -0.15) is 0 Å². The van der Waals surface area contributed by atoms with Gasteiger partial charge in [0.25, 0.3) is 5.56 Å². The van der Waals surface area contributed by atoms with E-state index in [0.29, 0.717) is 36.5 Å². The first-order valence-corrected chi connectivity index (χ1v) is 12.9. The number of hydrogen-bond acceptors (Lipinski definition) is 6. The highest BCUT2D eigenvalue weighted by Crippen LogP contribution is 2.36. The van der Waals surface area contributed by atoms with Crippen LogP contribution in [-0.4, -0.2) is 51.9 Å². The van der Waals surface area contributed by atoms with Crippen molar-refractivity contribution in [2.75, 3.05) is 25.4 Å². The molecule has 2 atom stereocenters. The molecule has 0 bridgehead atoms. The van der Waals surface area contributed by atoms with E-state index >= 15 is 0 Å². The van der Waals surface area contributed by atoms with E-state index < -0.39 is 0 Å². The summed E-state index contributed by atoms with van der Waals surface area (Å²) in [5.74, 6) is 1.04. The molecule has 2 aromatic heterocycles. The minimum absolute atomic E-state index is 0.0420. The molecule has 1 aliphatic carbocycles. The number of amides is 1. The standard InChI is InChI=1S/C22H31N3O3S2/c1-4-24(5-2)18(26)13-29-22-23-20-19(16-9-8-14(3)11-17(16)30-20)21(27)25(22)12-15-7-6-10-28-15/h14-15H,4-13H2,1-3H3/t14-,15-/m1/s1. The van der Waals surface area contributed by atoms with Crippen molar-refractivity contribution in [3.05, 3.63) is 20.8 Å². The maximum Gasteiger partial charge on any atom is 0.263 e. The number of nitrogens with zero attached hydrogens (tertiary/aromatic N) is 3. The average Bonchev–Trinajstić information content (AvgIpc) is 3.36. The van der Waals surface area contributed by atoms with Gasteiger partial charge in [-0.05, 0) is 57.4 Å². The van der Waals surface area contributed by atoms with E-state index in [4.69, 9.17) is 9.72 Å². The van der Waals surface area contributed by atoms with E-state index in [9.17, 15) is 9.59 Å². The van der Waals surface area contributed by atoms with Gasteiger partial charge in [-0.1, -0.05) is 18.7 Å². The third kappa shape index (κ3) is 4.32. The molecule has 6 nitrogen and oxygen atoms in total. The van der Waals surface area contributed by atoms with Crippen LogP contribution in [0.2, 0.25) is 0 Å². The number of fused-ring (bicyclic) bond motifs is 3. The highest BCUT2D eigenvalue weighted by atomic mass is 32.2. The molecule has 2 aliphatic rings. The average molecular weight is 450 g/mol. The summed E-state index contributed by atoms with van der Waals surface area (Å²) in [6.45, 7) is 8.91. The summed E-state index contributed by atoms with van der Waals surface area (Å²) in [5.41, 5.74) is 1.25. The van der Waals surface area contributed by atoms with Gasteiger partial charge in [0.2, 0.25) is 5.91 Å². The van der Waals surface area contributed by atoms with Crippen molar-refractivity contribution < 1.29 is 9.53 Å². The first-order valence-electron chi connectivity index (χ1n) is 11.1. The number of thiophene rings is 1. The summed E-state index contributed by atoms with van der Waals surface area (Å²) in [6.07, 6.45) is 5.16. The van der Waals surface area contributed by atoms with Crippen LogP contribution in [0, 0.1) is 5.92 Å². The van der Waals surface area contributed by atoms with Crippen molar-refractivity contribution in [2.45, 2.75) is 70.7 Å². The van der Waals surface area contributed by atoms with Crippen molar-refractivity contribution in [2.24, 2.45) is 5.92 Å². The van der Waals surface area contributed by atoms with Crippen molar-refractivity contribution in [1.82, 2.24) is 14.5 Å². The predicted octanol–water partition coefficient (Wildman–Crippen LogP) is 3.72. The second-order valence-corrected chi connectivity index (χ2v) is 10.4. The van der Waals surface area contributed by atoms with Crippen LogP contribution in [0.3, 0.4) is 0 Å². The molecule has 4 rings (SSSR count). The molecule has 1 saturated heterocycles. The summed E-state index contributed by atoms with van der Waals surface area (Å²) in [7, 11) is 0. The lowest BCUT2D eigenvalue weighted by molar-refractivity contribution is -0.127. The summed E-state index contributed by atoms with van der Waals surface area (Å²) >= 11 is 3.05. The first-order chi connectivity index (χ1) is 14.5. The van der Waals surface area contributed by atoms with Gasteiger partial charge < -0.3 is 9.64 Å². The maximum absolute atomic E-state index is 13.6. The normalized spacial score (nSPS) is 21.2. The Morgan fingerprint density at radius 1 is 1.33 bits per heavy atom. The number of thioether (sulfide) groups is 1. The van der Waals surface area contributed by atoms with Gasteiger partial charge in [0.05, 0.1) is 23.8 Å². The van der Waals surface area contributed by atoms with Crippen molar-refractivity contribution in [3.63, 3.8) is 0 Å². The second kappa shape index (κ2) is 9.40. The van der Waals surface area contributed by atoms with Crippen LogP contribution in [0.4, 0.5) is 0 Å². The predicted molar refractivity (Wildman–Crippen MR) is 123 cm³/mol. The van der Waals surface area contributed by atoms with Crippen LogP contribution < -0.4 is 5.56 Å². The largest absolute Gasteiger partial charge is 0.376 e. The molecule has 0 spiro atoms. The summed E-state index contributed by atoms with van der Waals surface area (Å²) in [5, 5.41) is 1.45. The molecule has 3 heterocycles. The molecule has 0 unspecified atom stereocenters. The quantitative estimate of drug-likeness (QED) is 0.476. The van der Waals surface area contributed by atoms with Crippen LogP contribution in [0.1, 0.15) is 50.5 Å². The van der Waals surface area contributed by atoms with Gasteiger partial charge in [-0.25, -0.2) is 4.98 Å². The van der Waals surface area contributed by atoms with Crippen molar-refractivity contribution in [3.8, 4) is 0 Å².